The van der Waals surface area contributed by atoms with Gasteiger partial charge >= 0.3 is 6.18 Å². The molecule has 1 atom stereocenters. The van der Waals surface area contributed by atoms with Crippen molar-refractivity contribution in [2.75, 3.05) is 18.4 Å². The molecule has 1 aromatic carbocycles. The Morgan fingerprint density at radius 1 is 1.30 bits per heavy atom. The number of hydrogen-bond acceptors (Lipinski definition) is 3. The van der Waals surface area contributed by atoms with Crippen LogP contribution in [0.5, 0.6) is 0 Å². The van der Waals surface area contributed by atoms with Gasteiger partial charge < -0.3 is 10.4 Å². The number of alkyl halides is 3. The number of hydrogen-bond donors (Lipinski definition) is 2. The number of aliphatic hydroxyl groups is 1. The normalized spacial score (nSPS) is 20.1. The molecule has 0 bridgehead atoms. The number of carbonyl (C=O) groups is 1. The maximum Gasteiger partial charge on any atom is 0.417 e. The lowest BCUT2D eigenvalue weighted by molar-refractivity contribution is -0.273. The zero-order valence-corrected chi connectivity index (χ0v) is 13.2. The average Bonchev–Trinajstić information content (AvgIpc) is 2.48. The third kappa shape index (κ3) is 3.84. The van der Waals surface area contributed by atoms with Gasteiger partial charge in [-0.2, -0.15) is 13.2 Å². The zero-order valence-electron chi connectivity index (χ0n) is 13.2. The molecule has 4 nitrogen and oxygen atoms in total. The molecular weight excluding hydrogens is 309 g/mol. The Kier molecular flexibility index (Phi) is 5.01. The Balaban J connectivity index is 1.96. The highest BCUT2D eigenvalue weighted by atomic mass is 19.4. The van der Waals surface area contributed by atoms with E-state index in [1.165, 1.54) is 0 Å². The summed E-state index contributed by atoms with van der Waals surface area (Å²) in [6, 6.07) is 6.74. The van der Waals surface area contributed by atoms with Crippen molar-refractivity contribution in [1.82, 2.24) is 4.90 Å². The number of piperidine rings is 1. The molecule has 1 aromatic rings. The lowest BCUT2D eigenvalue weighted by Crippen LogP contribution is -2.56. The predicted octanol–water partition coefficient (Wildman–Crippen LogP) is 2.71. The van der Waals surface area contributed by atoms with Crippen LogP contribution < -0.4 is 5.32 Å². The second-order valence-corrected chi connectivity index (χ2v) is 6.05. The molecule has 1 aliphatic heterocycles. The standard InChI is InChI=1S/C16H21F3N2O2/c1-11-5-3-4-6-13(11)20-14(22)12(2)21-9-7-15(23,8-10-21)16(17,18)19/h3-6,12,23H,7-10H2,1-2H3,(H,20,22). The molecular formula is C16H21F3N2O2. The molecule has 1 heterocycles. The number of amides is 1. The van der Waals surface area contributed by atoms with Gasteiger partial charge in [-0.05, 0) is 38.3 Å². The van der Waals surface area contributed by atoms with Crippen molar-refractivity contribution in [3.05, 3.63) is 29.8 Å². The van der Waals surface area contributed by atoms with Crippen LogP contribution in [0.1, 0.15) is 25.3 Å². The zero-order chi connectivity index (χ0) is 17.3. The molecule has 0 aromatic heterocycles. The largest absolute Gasteiger partial charge is 0.417 e. The molecule has 1 aliphatic rings. The highest BCUT2D eigenvalue weighted by Crippen LogP contribution is 2.38. The number of halogens is 3. The number of benzene rings is 1. The van der Waals surface area contributed by atoms with Gasteiger partial charge in [-0.25, -0.2) is 0 Å². The van der Waals surface area contributed by atoms with E-state index in [1.807, 2.05) is 19.1 Å². The van der Waals surface area contributed by atoms with Gasteiger partial charge in [0.2, 0.25) is 5.91 Å². The van der Waals surface area contributed by atoms with Crippen LogP contribution in [0.25, 0.3) is 0 Å². The summed E-state index contributed by atoms with van der Waals surface area (Å²) in [5.41, 5.74) is -1.04. The summed E-state index contributed by atoms with van der Waals surface area (Å²) in [4.78, 5) is 13.9. The molecule has 1 amide bonds. The van der Waals surface area contributed by atoms with Gasteiger partial charge in [0, 0.05) is 18.8 Å². The van der Waals surface area contributed by atoms with Crippen LogP contribution >= 0.6 is 0 Å². The van der Waals surface area contributed by atoms with Gasteiger partial charge in [0.1, 0.15) is 0 Å². The number of rotatable bonds is 3. The number of carbonyl (C=O) groups excluding carboxylic acids is 1. The van der Waals surface area contributed by atoms with Crippen LogP contribution in [0.15, 0.2) is 24.3 Å². The third-order valence-corrected chi connectivity index (χ3v) is 4.48. The molecule has 0 radical (unpaired) electrons. The Morgan fingerprint density at radius 3 is 2.39 bits per heavy atom. The first-order valence-corrected chi connectivity index (χ1v) is 7.54. The van der Waals surface area contributed by atoms with Crippen molar-refractivity contribution in [3.8, 4) is 0 Å². The number of nitrogens with one attached hydrogen (secondary N) is 1. The fraction of sp³-hybridized carbons (Fsp3) is 0.562. The molecule has 0 aliphatic carbocycles. The Morgan fingerprint density at radius 2 is 1.87 bits per heavy atom. The molecule has 23 heavy (non-hydrogen) atoms. The highest BCUT2D eigenvalue weighted by Gasteiger charge is 2.54. The van der Waals surface area contributed by atoms with Crippen molar-refractivity contribution in [1.29, 1.82) is 0 Å². The Hall–Kier alpha value is -1.60. The van der Waals surface area contributed by atoms with E-state index in [-0.39, 0.29) is 19.0 Å². The molecule has 2 N–H and O–H groups in total. The van der Waals surface area contributed by atoms with E-state index in [9.17, 15) is 23.1 Å². The quantitative estimate of drug-likeness (QED) is 0.896. The maximum absolute atomic E-state index is 12.8. The molecule has 128 valence electrons. The molecule has 1 saturated heterocycles. The van der Waals surface area contributed by atoms with E-state index in [2.05, 4.69) is 5.32 Å². The molecule has 1 unspecified atom stereocenters. The maximum atomic E-state index is 12.8. The first-order chi connectivity index (χ1) is 10.6. The first-order valence-electron chi connectivity index (χ1n) is 7.54. The molecule has 1 fully saturated rings. The number of aryl methyl sites for hydroxylation is 1. The Bertz CT molecular complexity index is 567. The van der Waals surface area contributed by atoms with E-state index < -0.39 is 30.7 Å². The summed E-state index contributed by atoms with van der Waals surface area (Å²) in [6.07, 6.45) is -5.47. The summed E-state index contributed by atoms with van der Waals surface area (Å²) in [5, 5.41) is 12.5. The van der Waals surface area contributed by atoms with Crippen molar-refractivity contribution < 1.29 is 23.1 Å². The Labute approximate surface area is 133 Å². The van der Waals surface area contributed by atoms with Crippen molar-refractivity contribution in [2.24, 2.45) is 0 Å². The lowest BCUT2D eigenvalue weighted by atomic mass is 9.90. The number of likely N-dealkylation sites (tertiary alicyclic amines) is 1. The van der Waals surface area contributed by atoms with Gasteiger partial charge in [0.05, 0.1) is 6.04 Å². The minimum atomic E-state index is -4.63. The number of para-hydroxylation sites is 1. The minimum absolute atomic E-state index is 0.0262. The molecule has 0 saturated carbocycles. The third-order valence-electron chi connectivity index (χ3n) is 4.48. The van der Waals surface area contributed by atoms with Crippen LogP contribution in [0.4, 0.5) is 18.9 Å². The van der Waals surface area contributed by atoms with Crippen molar-refractivity contribution >= 4 is 11.6 Å². The van der Waals surface area contributed by atoms with E-state index in [1.54, 1.807) is 24.0 Å². The van der Waals surface area contributed by atoms with Crippen LogP contribution in [0.3, 0.4) is 0 Å². The van der Waals surface area contributed by atoms with Gasteiger partial charge in [-0.3, -0.25) is 9.69 Å². The summed E-state index contributed by atoms with van der Waals surface area (Å²) >= 11 is 0. The number of anilines is 1. The topological polar surface area (TPSA) is 52.6 Å². The van der Waals surface area contributed by atoms with Gasteiger partial charge in [-0.15, -0.1) is 0 Å². The van der Waals surface area contributed by atoms with Crippen LogP contribution in [0.2, 0.25) is 0 Å². The molecule has 0 spiro atoms. The molecule has 2 rings (SSSR count). The number of nitrogens with zero attached hydrogens (tertiary/aromatic N) is 1. The van der Waals surface area contributed by atoms with E-state index in [0.29, 0.717) is 5.69 Å². The van der Waals surface area contributed by atoms with Crippen LogP contribution in [0, 0.1) is 6.92 Å². The lowest BCUT2D eigenvalue weighted by Gasteiger charge is -2.40. The van der Waals surface area contributed by atoms with Crippen LogP contribution in [-0.2, 0) is 4.79 Å². The second-order valence-electron chi connectivity index (χ2n) is 6.05. The van der Waals surface area contributed by atoms with Crippen molar-refractivity contribution in [2.45, 2.75) is 44.5 Å². The predicted molar refractivity (Wildman–Crippen MR) is 81.1 cm³/mol. The van der Waals surface area contributed by atoms with E-state index in [0.717, 1.165) is 5.56 Å². The van der Waals surface area contributed by atoms with Gasteiger partial charge in [0.15, 0.2) is 5.60 Å². The second kappa shape index (κ2) is 6.49. The van der Waals surface area contributed by atoms with Gasteiger partial charge in [-0.1, -0.05) is 18.2 Å². The van der Waals surface area contributed by atoms with Crippen LogP contribution in [-0.4, -0.2) is 46.8 Å². The summed E-state index contributed by atoms with van der Waals surface area (Å²) < 4.78 is 38.4. The fourth-order valence-corrected chi connectivity index (χ4v) is 2.68. The summed E-state index contributed by atoms with van der Waals surface area (Å²) in [6.45, 7) is 3.58. The SMILES string of the molecule is Cc1ccccc1NC(=O)C(C)N1CCC(O)(C(F)(F)F)CC1. The smallest absolute Gasteiger partial charge is 0.380 e. The molecule has 7 heteroatoms. The monoisotopic (exact) mass is 330 g/mol. The first kappa shape index (κ1) is 17.7. The van der Waals surface area contributed by atoms with Gasteiger partial charge in [0.25, 0.3) is 0 Å². The minimum Gasteiger partial charge on any atom is -0.380 e. The van der Waals surface area contributed by atoms with E-state index in [4.69, 9.17) is 0 Å². The summed E-state index contributed by atoms with van der Waals surface area (Å²) in [7, 11) is 0. The summed E-state index contributed by atoms with van der Waals surface area (Å²) in [5.74, 6) is -0.267. The fourth-order valence-electron chi connectivity index (χ4n) is 2.68. The average molecular weight is 330 g/mol. The highest BCUT2D eigenvalue weighted by molar-refractivity contribution is 5.95. The van der Waals surface area contributed by atoms with E-state index >= 15 is 0 Å². The van der Waals surface area contributed by atoms with Crippen molar-refractivity contribution in [3.63, 3.8) is 0 Å².